The molecule has 2 aliphatic rings. The number of carbonyl (C=O) groups is 2. The molecule has 32 heavy (non-hydrogen) atoms. The lowest BCUT2D eigenvalue weighted by Crippen LogP contribution is -2.51. The van der Waals surface area contributed by atoms with Gasteiger partial charge in [-0.2, -0.15) is 0 Å². The number of ether oxygens (including phenoxy) is 1. The number of piperazine rings is 1. The molecule has 0 atom stereocenters. The van der Waals surface area contributed by atoms with E-state index in [1.165, 1.54) is 12.1 Å². The third-order valence-electron chi connectivity index (χ3n) is 7.21. The number of carbonyl (C=O) groups excluding carboxylic acids is 2. The highest BCUT2D eigenvalue weighted by molar-refractivity contribution is 5.79. The van der Waals surface area contributed by atoms with Crippen molar-refractivity contribution in [2.24, 2.45) is 11.3 Å². The Labute approximate surface area is 191 Å². The van der Waals surface area contributed by atoms with Crippen LogP contribution < -0.4 is 4.74 Å². The fourth-order valence-corrected chi connectivity index (χ4v) is 4.73. The maximum atomic E-state index is 13.3. The average molecular weight is 448 g/mol. The van der Waals surface area contributed by atoms with Crippen LogP contribution >= 0.6 is 0 Å². The van der Waals surface area contributed by atoms with Crippen molar-refractivity contribution in [1.29, 1.82) is 0 Å². The third-order valence-corrected chi connectivity index (χ3v) is 7.21. The second kappa shape index (κ2) is 11.1. The van der Waals surface area contributed by atoms with Gasteiger partial charge in [-0.05, 0) is 57.0 Å². The number of likely N-dealkylation sites (N-methyl/N-ethyl adjacent to an activating group) is 1. The van der Waals surface area contributed by atoms with Crippen molar-refractivity contribution < 1.29 is 18.7 Å². The van der Waals surface area contributed by atoms with Crippen molar-refractivity contribution in [3.63, 3.8) is 0 Å². The van der Waals surface area contributed by atoms with Gasteiger partial charge in [0.25, 0.3) is 0 Å². The Bertz CT molecular complexity index is 750. The molecule has 0 saturated carbocycles. The summed E-state index contributed by atoms with van der Waals surface area (Å²) in [4.78, 5) is 32.2. The fourth-order valence-electron chi connectivity index (χ4n) is 4.73. The van der Waals surface area contributed by atoms with Crippen molar-refractivity contribution in [2.45, 2.75) is 46.0 Å². The van der Waals surface area contributed by atoms with Crippen LogP contribution in [0.1, 0.15) is 46.0 Å². The van der Waals surface area contributed by atoms with Crippen LogP contribution in [0.4, 0.5) is 4.39 Å². The Morgan fingerprint density at radius 2 is 1.56 bits per heavy atom. The van der Waals surface area contributed by atoms with Crippen LogP contribution in [0, 0.1) is 17.2 Å². The van der Waals surface area contributed by atoms with E-state index in [0.29, 0.717) is 31.9 Å². The minimum atomic E-state index is -0.320. The van der Waals surface area contributed by atoms with Crippen LogP contribution in [0.3, 0.4) is 0 Å². The van der Waals surface area contributed by atoms with Gasteiger partial charge in [0.05, 0.1) is 6.61 Å². The molecule has 0 spiro atoms. The van der Waals surface area contributed by atoms with Crippen molar-refractivity contribution in [3.8, 4) is 5.75 Å². The highest BCUT2D eigenvalue weighted by atomic mass is 19.1. The van der Waals surface area contributed by atoms with Gasteiger partial charge < -0.3 is 19.4 Å². The topological polar surface area (TPSA) is 53.1 Å². The molecule has 0 unspecified atom stereocenters. The lowest BCUT2D eigenvalue weighted by molar-refractivity contribution is -0.141. The fraction of sp³-hybridized carbons (Fsp3) is 0.680. The van der Waals surface area contributed by atoms with Crippen LogP contribution in [-0.2, 0) is 9.59 Å². The highest BCUT2D eigenvalue weighted by Crippen LogP contribution is 2.37. The van der Waals surface area contributed by atoms with E-state index in [0.717, 1.165) is 51.9 Å². The summed E-state index contributed by atoms with van der Waals surface area (Å²) < 4.78 is 19.3. The second-order valence-electron chi connectivity index (χ2n) is 9.44. The Balaban J connectivity index is 1.67. The second-order valence-corrected chi connectivity index (χ2v) is 9.44. The highest BCUT2D eigenvalue weighted by Gasteiger charge is 2.40. The van der Waals surface area contributed by atoms with Gasteiger partial charge in [0.2, 0.25) is 11.8 Å². The van der Waals surface area contributed by atoms with Crippen molar-refractivity contribution in [1.82, 2.24) is 14.7 Å². The molecule has 178 valence electrons. The van der Waals surface area contributed by atoms with E-state index in [1.807, 2.05) is 9.80 Å². The first-order valence-corrected chi connectivity index (χ1v) is 12.0. The van der Waals surface area contributed by atoms with Crippen molar-refractivity contribution in [2.75, 3.05) is 52.9 Å². The zero-order valence-corrected chi connectivity index (χ0v) is 19.8. The molecule has 2 amide bonds. The van der Waals surface area contributed by atoms with Crippen molar-refractivity contribution in [3.05, 3.63) is 30.1 Å². The predicted molar refractivity (Wildman–Crippen MR) is 123 cm³/mol. The molecule has 3 rings (SSSR count). The van der Waals surface area contributed by atoms with Gasteiger partial charge in [0, 0.05) is 57.0 Å². The largest absolute Gasteiger partial charge is 0.493 e. The smallest absolute Gasteiger partial charge is 0.225 e. The van der Waals surface area contributed by atoms with Crippen LogP contribution in [0.15, 0.2) is 24.3 Å². The van der Waals surface area contributed by atoms with Crippen LogP contribution in [0.5, 0.6) is 5.75 Å². The molecule has 0 radical (unpaired) electrons. The van der Waals surface area contributed by atoms with E-state index < -0.39 is 0 Å². The number of halogens is 1. The quantitative estimate of drug-likeness (QED) is 0.613. The Morgan fingerprint density at radius 3 is 2.12 bits per heavy atom. The first kappa shape index (κ1) is 24.5. The summed E-state index contributed by atoms with van der Waals surface area (Å²) in [5.41, 5.74) is -0.320. The number of rotatable bonds is 8. The molecule has 0 bridgehead atoms. The zero-order valence-electron chi connectivity index (χ0n) is 19.8. The molecule has 2 saturated heterocycles. The van der Waals surface area contributed by atoms with Crippen LogP contribution in [-0.4, -0.2) is 79.4 Å². The van der Waals surface area contributed by atoms with E-state index in [-0.39, 0.29) is 29.0 Å². The third kappa shape index (κ3) is 6.21. The normalized spacial score (nSPS) is 19.3. The van der Waals surface area contributed by atoms with E-state index in [1.54, 1.807) is 12.1 Å². The molecule has 7 heteroatoms. The van der Waals surface area contributed by atoms with E-state index >= 15 is 0 Å². The molecule has 1 aromatic rings. The summed E-state index contributed by atoms with van der Waals surface area (Å²) in [6.45, 7) is 9.11. The SMILES string of the molecule is CCC(CC)C(=O)N1CCC(COc2ccc(F)cc2)(CC(=O)N2CCN(C)CC2)CC1. The number of hydrogen-bond donors (Lipinski definition) is 0. The Morgan fingerprint density at radius 1 is 0.969 bits per heavy atom. The lowest BCUT2D eigenvalue weighted by Gasteiger charge is -2.43. The Hall–Kier alpha value is -2.15. The minimum absolute atomic E-state index is 0.0740. The van der Waals surface area contributed by atoms with E-state index in [4.69, 9.17) is 4.74 Å². The minimum Gasteiger partial charge on any atom is -0.493 e. The van der Waals surface area contributed by atoms with Crippen LogP contribution in [0.2, 0.25) is 0 Å². The van der Waals surface area contributed by atoms with Gasteiger partial charge in [0.1, 0.15) is 11.6 Å². The standard InChI is InChI=1S/C25H38FN3O3/c1-4-20(5-2)24(31)29-12-10-25(11-13-29,19-32-22-8-6-21(26)7-9-22)18-23(30)28-16-14-27(3)15-17-28/h6-9,20H,4-5,10-19H2,1-3H3. The molecule has 0 N–H and O–H groups in total. The molecule has 0 aromatic heterocycles. The summed E-state index contributed by atoms with van der Waals surface area (Å²) >= 11 is 0. The number of likely N-dealkylation sites (tertiary alicyclic amines) is 1. The number of nitrogens with zero attached hydrogens (tertiary/aromatic N) is 3. The average Bonchev–Trinajstić information content (AvgIpc) is 2.80. The molecule has 2 heterocycles. The number of benzene rings is 1. The number of amides is 2. The molecule has 6 nitrogen and oxygen atoms in total. The number of hydrogen-bond acceptors (Lipinski definition) is 4. The van der Waals surface area contributed by atoms with Gasteiger partial charge in [-0.25, -0.2) is 4.39 Å². The molecular weight excluding hydrogens is 409 g/mol. The molecule has 0 aliphatic carbocycles. The number of piperidine rings is 1. The lowest BCUT2D eigenvalue weighted by atomic mass is 9.75. The zero-order chi connectivity index (χ0) is 23.1. The predicted octanol–water partition coefficient (Wildman–Crippen LogP) is 3.41. The first-order chi connectivity index (χ1) is 15.4. The van der Waals surface area contributed by atoms with E-state index in [2.05, 4.69) is 25.8 Å². The van der Waals surface area contributed by atoms with Crippen LogP contribution in [0.25, 0.3) is 0 Å². The summed E-state index contributed by atoms with van der Waals surface area (Å²) in [5.74, 6) is 0.776. The first-order valence-electron chi connectivity index (χ1n) is 12.0. The van der Waals surface area contributed by atoms with Crippen molar-refractivity contribution >= 4 is 11.8 Å². The maximum Gasteiger partial charge on any atom is 0.225 e. The van der Waals surface area contributed by atoms with E-state index in [9.17, 15) is 14.0 Å². The Kier molecular flexibility index (Phi) is 8.51. The molecule has 2 aliphatic heterocycles. The summed E-state index contributed by atoms with van der Waals surface area (Å²) in [5, 5.41) is 0. The van der Waals surface area contributed by atoms with Gasteiger partial charge >= 0.3 is 0 Å². The molecular formula is C25H38FN3O3. The molecule has 1 aromatic carbocycles. The van der Waals surface area contributed by atoms with Gasteiger partial charge in [-0.15, -0.1) is 0 Å². The van der Waals surface area contributed by atoms with Gasteiger partial charge in [-0.3, -0.25) is 9.59 Å². The van der Waals surface area contributed by atoms with Gasteiger partial charge in [0.15, 0.2) is 0 Å². The summed E-state index contributed by atoms with van der Waals surface area (Å²) in [6.07, 6.45) is 3.60. The monoisotopic (exact) mass is 447 g/mol. The molecule has 2 fully saturated rings. The van der Waals surface area contributed by atoms with Gasteiger partial charge in [-0.1, -0.05) is 13.8 Å². The summed E-state index contributed by atoms with van der Waals surface area (Å²) in [7, 11) is 2.08. The summed E-state index contributed by atoms with van der Waals surface area (Å²) in [6, 6.07) is 6.01. The maximum absolute atomic E-state index is 13.3.